The van der Waals surface area contributed by atoms with E-state index in [0.717, 1.165) is 5.56 Å². The van der Waals surface area contributed by atoms with Crippen LogP contribution in [0.1, 0.15) is 23.0 Å². The van der Waals surface area contributed by atoms with E-state index in [4.69, 9.17) is 4.74 Å². The summed E-state index contributed by atoms with van der Waals surface area (Å²) >= 11 is 0. The summed E-state index contributed by atoms with van der Waals surface area (Å²) in [4.78, 5) is 21.9. The summed E-state index contributed by atoms with van der Waals surface area (Å²) in [6.07, 6.45) is 2.50. The zero-order chi connectivity index (χ0) is 15.2. The number of benzene rings is 1. The van der Waals surface area contributed by atoms with Gasteiger partial charge >= 0.3 is 5.97 Å². The maximum atomic E-state index is 11.7. The number of aryl methyl sites for hydroxylation is 2. The summed E-state index contributed by atoms with van der Waals surface area (Å²) in [6, 6.07) is 9.93. The van der Waals surface area contributed by atoms with Crippen LogP contribution in [-0.2, 0) is 17.7 Å². The Balaban J connectivity index is 2.01. The van der Waals surface area contributed by atoms with Gasteiger partial charge in [0.1, 0.15) is 5.69 Å². The Morgan fingerprint density at radius 2 is 2.00 bits per heavy atom. The molecule has 0 spiro atoms. The Bertz CT molecular complexity index is 631. The number of nitro benzene ring substituents is 1. The minimum Gasteiger partial charge on any atom is -0.461 e. The van der Waals surface area contributed by atoms with Crippen LogP contribution >= 0.6 is 0 Å². The molecule has 2 rings (SSSR count). The van der Waals surface area contributed by atoms with Crippen molar-refractivity contribution < 1.29 is 14.5 Å². The van der Waals surface area contributed by atoms with Gasteiger partial charge in [-0.05, 0) is 31.0 Å². The Morgan fingerprint density at radius 3 is 2.62 bits per heavy atom. The van der Waals surface area contributed by atoms with Gasteiger partial charge in [-0.2, -0.15) is 0 Å². The van der Waals surface area contributed by atoms with Crippen molar-refractivity contribution in [1.82, 2.24) is 4.57 Å². The first-order chi connectivity index (χ1) is 10.1. The van der Waals surface area contributed by atoms with Gasteiger partial charge in [0, 0.05) is 24.9 Å². The average Bonchev–Trinajstić information content (AvgIpc) is 2.94. The summed E-state index contributed by atoms with van der Waals surface area (Å²) in [7, 11) is 0. The van der Waals surface area contributed by atoms with Crippen LogP contribution in [0.3, 0.4) is 0 Å². The van der Waals surface area contributed by atoms with Crippen LogP contribution in [0.25, 0.3) is 0 Å². The van der Waals surface area contributed by atoms with Crippen LogP contribution < -0.4 is 0 Å². The number of esters is 1. The normalized spacial score (nSPS) is 10.3. The van der Waals surface area contributed by atoms with Gasteiger partial charge in [0.2, 0.25) is 0 Å². The third kappa shape index (κ3) is 3.68. The largest absolute Gasteiger partial charge is 0.461 e. The van der Waals surface area contributed by atoms with E-state index < -0.39 is 4.92 Å². The lowest BCUT2D eigenvalue weighted by Crippen LogP contribution is -2.12. The molecule has 1 heterocycles. The minimum absolute atomic E-state index is 0.0759. The summed E-state index contributed by atoms with van der Waals surface area (Å²) in [5, 5.41) is 10.6. The summed E-state index contributed by atoms with van der Waals surface area (Å²) in [5.41, 5.74) is 1.56. The predicted octanol–water partition coefficient (Wildman–Crippen LogP) is 2.82. The van der Waals surface area contributed by atoms with E-state index in [9.17, 15) is 14.9 Å². The molecule has 0 saturated heterocycles. The second kappa shape index (κ2) is 6.69. The molecule has 0 aliphatic rings. The molecule has 21 heavy (non-hydrogen) atoms. The van der Waals surface area contributed by atoms with Crippen LogP contribution in [0.4, 0.5) is 5.69 Å². The number of ether oxygens (including phenoxy) is 1. The second-order valence-electron chi connectivity index (χ2n) is 4.48. The van der Waals surface area contributed by atoms with Crippen molar-refractivity contribution in [1.29, 1.82) is 0 Å². The Labute approximate surface area is 122 Å². The topological polar surface area (TPSA) is 74.4 Å². The molecule has 0 aliphatic heterocycles. The molecular weight excluding hydrogens is 272 g/mol. The number of rotatable bonds is 6. The molecule has 1 aromatic heterocycles. The van der Waals surface area contributed by atoms with Crippen molar-refractivity contribution in [3.63, 3.8) is 0 Å². The molecule has 0 radical (unpaired) electrons. The molecule has 0 aliphatic carbocycles. The number of carbonyl (C=O) groups is 1. The van der Waals surface area contributed by atoms with Gasteiger partial charge in [0.25, 0.3) is 5.69 Å². The first-order valence-electron chi connectivity index (χ1n) is 6.67. The van der Waals surface area contributed by atoms with Gasteiger partial charge in [-0.15, -0.1) is 0 Å². The molecule has 0 bridgehead atoms. The van der Waals surface area contributed by atoms with Crippen molar-refractivity contribution in [2.45, 2.75) is 19.9 Å². The molecular formula is C15H16N2O4. The molecule has 6 nitrogen and oxygen atoms in total. The second-order valence-corrected chi connectivity index (χ2v) is 4.48. The quantitative estimate of drug-likeness (QED) is 0.465. The highest BCUT2D eigenvalue weighted by atomic mass is 16.6. The maximum Gasteiger partial charge on any atom is 0.354 e. The average molecular weight is 288 g/mol. The van der Waals surface area contributed by atoms with Crippen molar-refractivity contribution >= 4 is 11.7 Å². The van der Waals surface area contributed by atoms with E-state index in [0.29, 0.717) is 25.3 Å². The van der Waals surface area contributed by atoms with Gasteiger partial charge < -0.3 is 9.30 Å². The number of hydrogen-bond acceptors (Lipinski definition) is 4. The lowest BCUT2D eigenvalue weighted by Gasteiger charge is -2.08. The Morgan fingerprint density at radius 1 is 1.29 bits per heavy atom. The lowest BCUT2D eigenvalue weighted by molar-refractivity contribution is -0.384. The number of carbonyl (C=O) groups excluding carboxylic acids is 1. The van der Waals surface area contributed by atoms with Crippen molar-refractivity contribution in [3.8, 4) is 0 Å². The maximum absolute atomic E-state index is 11.7. The standard InChI is InChI=1S/C15H16N2O4/c1-2-21-15(18)14-4-3-10-16(14)11-9-12-5-7-13(8-6-12)17(19)20/h3-8,10H,2,9,11H2,1H3. The third-order valence-electron chi connectivity index (χ3n) is 3.10. The SMILES string of the molecule is CCOC(=O)c1cccn1CCc1ccc([N+](=O)[O-])cc1. The van der Waals surface area contributed by atoms with Gasteiger partial charge in [0.05, 0.1) is 11.5 Å². The van der Waals surface area contributed by atoms with Gasteiger partial charge in [0.15, 0.2) is 0 Å². The smallest absolute Gasteiger partial charge is 0.354 e. The van der Waals surface area contributed by atoms with Gasteiger partial charge in [-0.3, -0.25) is 10.1 Å². The number of aromatic nitrogens is 1. The number of nitro groups is 1. The Kier molecular flexibility index (Phi) is 4.71. The van der Waals surface area contributed by atoms with E-state index in [2.05, 4.69) is 0 Å². The molecule has 0 amide bonds. The number of nitrogens with zero attached hydrogens (tertiary/aromatic N) is 2. The molecule has 1 aromatic carbocycles. The van der Waals surface area contributed by atoms with Crippen LogP contribution in [0.2, 0.25) is 0 Å². The molecule has 2 aromatic rings. The van der Waals surface area contributed by atoms with E-state index in [1.165, 1.54) is 12.1 Å². The predicted molar refractivity (Wildman–Crippen MR) is 77.2 cm³/mol. The van der Waals surface area contributed by atoms with Crippen molar-refractivity contribution in [3.05, 3.63) is 64.0 Å². The fourth-order valence-electron chi connectivity index (χ4n) is 2.03. The zero-order valence-corrected chi connectivity index (χ0v) is 11.7. The number of hydrogen-bond donors (Lipinski definition) is 0. The molecule has 0 atom stereocenters. The minimum atomic E-state index is -0.422. The summed E-state index contributed by atoms with van der Waals surface area (Å²) < 4.78 is 6.81. The van der Waals surface area contributed by atoms with Crippen molar-refractivity contribution in [2.24, 2.45) is 0 Å². The Hall–Kier alpha value is -2.63. The monoisotopic (exact) mass is 288 g/mol. The number of non-ortho nitro benzene ring substituents is 1. The zero-order valence-electron chi connectivity index (χ0n) is 11.7. The molecule has 110 valence electrons. The van der Waals surface area contributed by atoms with E-state index in [-0.39, 0.29) is 11.7 Å². The van der Waals surface area contributed by atoms with Crippen molar-refractivity contribution in [2.75, 3.05) is 6.61 Å². The first-order valence-corrected chi connectivity index (χ1v) is 6.67. The van der Waals surface area contributed by atoms with Crippen LogP contribution in [0.15, 0.2) is 42.6 Å². The first kappa shape index (κ1) is 14.8. The summed E-state index contributed by atoms with van der Waals surface area (Å²) in [6.45, 7) is 2.72. The van der Waals surface area contributed by atoms with E-state index in [1.807, 2.05) is 10.8 Å². The molecule has 0 unspecified atom stereocenters. The highest BCUT2D eigenvalue weighted by Gasteiger charge is 2.11. The van der Waals surface area contributed by atoms with Crippen LogP contribution in [0, 0.1) is 10.1 Å². The van der Waals surface area contributed by atoms with Gasteiger partial charge in [-0.25, -0.2) is 4.79 Å². The van der Waals surface area contributed by atoms with Crippen LogP contribution in [-0.4, -0.2) is 22.1 Å². The highest BCUT2D eigenvalue weighted by Crippen LogP contribution is 2.13. The molecule has 0 saturated carbocycles. The third-order valence-corrected chi connectivity index (χ3v) is 3.10. The fraction of sp³-hybridized carbons (Fsp3) is 0.267. The fourth-order valence-corrected chi connectivity index (χ4v) is 2.03. The van der Waals surface area contributed by atoms with Crippen LogP contribution in [0.5, 0.6) is 0 Å². The molecule has 0 N–H and O–H groups in total. The molecule has 0 fully saturated rings. The van der Waals surface area contributed by atoms with E-state index >= 15 is 0 Å². The van der Waals surface area contributed by atoms with E-state index in [1.54, 1.807) is 31.2 Å². The molecule has 6 heteroatoms. The highest BCUT2D eigenvalue weighted by molar-refractivity contribution is 5.87. The van der Waals surface area contributed by atoms with Gasteiger partial charge in [-0.1, -0.05) is 12.1 Å². The lowest BCUT2D eigenvalue weighted by atomic mass is 10.1. The summed E-state index contributed by atoms with van der Waals surface area (Å²) in [5.74, 6) is -0.341.